The predicted molar refractivity (Wildman–Crippen MR) is 70.7 cm³/mol. The lowest BCUT2D eigenvalue weighted by atomic mass is 9.79. The van der Waals surface area contributed by atoms with Crippen molar-refractivity contribution in [2.75, 3.05) is 7.11 Å². The lowest BCUT2D eigenvalue weighted by molar-refractivity contribution is -0.0961. The summed E-state index contributed by atoms with van der Waals surface area (Å²) in [5.41, 5.74) is 0.0329. The van der Waals surface area contributed by atoms with Crippen molar-refractivity contribution in [3.63, 3.8) is 0 Å². The minimum absolute atomic E-state index is 0.445. The van der Waals surface area contributed by atoms with Gasteiger partial charge in [0.05, 0.1) is 18.8 Å². The number of rotatable bonds is 4. The highest BCUT2D eigenvalue weighted by Crippen LogP contribution is 2.33. The molecule has 0 saturated heterocycles. The number of methoxy groups -OCH3 is 1. The maximum absolute atomic E-state index is 10.5. The molecule has 1 aliphatic carbocycles. The summed E-state index contributed by atoms with van der Waals surface area (Å²) in [7, 11) is 1.63. The molecule has 1 atom stereocenters. The quantitative estimate of drug-likeness (QED) is 0.862. The van der Waals surface area contributed by atoms with Crippen LogP contribution in [0.3, 0.4) is 0 Å². The van der Waals surface area contributed by atoms with Gasteiger partial charge in [0.15, 0.2) is 0 Å². The van der Waals surface area contributed by atoms with Crippen molar-refractivity contribution >= 4 is 0 Å². The molecule has 1 unspecified atom stereocenters. The van der Waals surface area contributed by atoms with Crippen LogP contribution >= 0.6 is 0 Å². The number of ether oxygens (including phenoxy) is 1. The molecule has 0 radical (unpaired) electrons. The van der Waals surface area contributed by atoms with Crippen LogP contribution in [0, 0.1) is 0 Å². The second kappa shape index (κ2) is 5.72. The van der Waals surface area contributed by atoms with Crippen LogP contribution in [-0.4, -0.2) is 29.0 Å². The summed E-state index contributed by atoms with van der Waals surface area (Å²) in [6, 6.07) is 7.65. The monoisotopic (exact) mass is 250 g/mol. The normalized spacial score (nSPS) is 20.4. The van der Waals surface area contributed by atoms with Gasteiger partial charge in [-0.1, -0.05) is 37.5 Å². The highest BCUT2D eigenvalue weighted by Gasteiger charge is 2.36. The van der Waals surface area contributed by atoms with Gasteiger partial charge in [0.2, 0.25) is 0 Å². The Labute approximate surface area is 108 Å². The molecule has 100 valence electrons. The molecule has 0 amide bonds. The van der Waals surface area contributed by atoms with Gasteiger partial charge in [-0.25, -0.2) is 0 Å². The highest BCUT2D eigenvalue weighted by molar-refractivity contribution is 5.34. The first-order valence-electron chi connectivity index (χ1n) is 6.68. The van der Waals surface area contributed by atoms with Crippen LogP contribution in [0.5, 0.6) is 5.75 Å². The Hall–Kier alpha value is -1.06. The molecule has 1 fully saturated rings. The number of hydrogen-bond donors (Lipinski definition) is 2. The summed E-state index contributed by atoms with van der Waals surface area (Å²) < 4.78 is 5.27. The third-order valence-corrected chi connectivity index (χ3v) is 3.95. The second-order valence-corrected chi connectivity index (χ2v) is 5.20. The number of para-hydroxylation sites is 1. The first-order valence-corrected chi connectivity index (χ1v) is 6.68. The predicted octanol–water partition coefficient (Wildman–Crippen LogP) is 2.29. The Morgan fingerprint density at radius 1 is 1.22 bits per heavy atom. The summed E-state index contributed by atoms with van der Waals surface area (Å²) in [5, 5.41) is 20.8. The van der Waals surface area contributed by atoms with Crippen molar-refractivity contribution in [1.29, 1.82) is 0 Å². The fourth-order valence-electron chi connectivity index (χ4n) is 2.77. The van der Waals surface area contributed by atoms with Gasteiger partial charge in [0.25, 0.3) is 0 Å². The molecule has 0 aromatic heterocycles. The van der Waals surface area contributed by atoms with Crippen LogP contribution in [0.1, 0.15) is 37.7 Å². The van der Waals surface area contributed by atoms with Crippen molar-refractivity contribution in [2.24, 2.45) is 0 Å². The van der Waals surface area contributed by atoms with E-state index in [-0.39, 0.29) is 0 Å². The third kappa shape index (κ3) is 2.85. The molecule has 0 bridgehead atoms. The van der Waals surface area contributed by atoms with E-state index in [4.69, 9.17) is 4.74 Å². The van der Waals surface area contributed by atoms with E-state index in [9.17, 15) is 10.2 Å². The van der Waals surface area contributed by atoms with E-state index in [1.807, 2.05) is 24.3 Å². The van der Waals surface area contributed by atoms with Crippen molar-refractivity contribution < 1.29 is 14.9 Å². The van der Waals surface area contributed by atoms with Gasteiger partial charge in [0, 0.05) is 6.42 Å². The fourth-order valence-corrected chi connectivity index (χ4v) is 2.77. The Bertz CT molecular complexity index is 383. The average molecular weight is 250 g/mol. The standard InChI is InChI=1S/C15H22O3/c1-18-13-8-4-3-7-12(13)11-14(16)15(17)9-5-2-6-10-15/h3-4,7-8,14,16-17H,2,5-6,9-11H2,1H3. The van der Waals surface area contributed by atoms with Gasteiger partial charge in [-0.2, -0.15) is 0 Å². The lowest BCUT2D eigenvalue weighted by Crippen LogP contribution is -2.45. The van der Waals surface area contributed by atoms with Crippen molar-refractivity contribution in [2.45, 2.75) is 50.2 Å². The molecule has 2 N–H and O–H groups in total. The summed E-state index contributed by atoms with van der Waals surface area (Å²) in [6.45, 7) is 0. The summed E-state index contributed by atoms with van der Waals surface area (Å²) >= 11 is 0. The van der Waals surface area contributed by atoms with Gasteiger partial charge < -0.3 is 14.9 Å². The molecule has 3 heteroatoms. The van der Waals surface area contributed by atoms with Gasteiger partial charge in [0.1, 0.15) is 5.75 Å². The van der Waals surface area contributed by atoms with E-state index >= 15 is 0 Å². The van der Waals surface area contributed by atoms with Crippen molar-refractivity contribution in [3.8, 4) is 5.75 Å². The molecule has 1 saturated carbocycles. The zero-order chi connectivity index (χ0) is 13.0. The van der Waals surface area contributed by atoms with E-state index in [0.717, 1.165) is 30.6 Å². The highest BCUT2D eigenvalue weighted by atomic mass is 16.5. The zero-order valence-electron chi connectivity index (χ0n) is 10.9. The Morgan fingerprint density at radius 2 is 1.89 bits per heavy atom. The van der Waals surface area contributed by atoms with E-state index < -0.39 is 11.7 Å². The fraction of sp³-hybridized carbons (Fsp3) is 0.600. The number of aliphatic hydroxyl groups excluding tert-OH is 1. The average Bonchev–Trinajstić information content (AvgIpc) is 2.40. The first-order chi connectivity index (χ1) is 8.65. The van der Waals surface area contributed by atoms with Crippen molar-refractivity contribution in [3.05, 3.63) is 29.8 Å². The topological polar surface area (TPSA) is 49.7 Å². The summed E-state index contributed by atoms with van der Waals surface area (Å²) in [6.07, 6.45) is 4.28. The molecule has 1 aromatic carbocycles. The van der Waals surface area contributed by atoms with E-state index in [1.54, 1.807) is 7.11 Å². The molecular formula is C15H22O3. The van der Waals surface area contributed by atoms with Crippen LogP contribution in [-0.2, 0) is 6.42 Å². The SMILES string of the molecule is COc1ccccc1CC(O)C1(O)CCCCC1. The van der Waals surface area contributed by atoms with Gasteiger partial charge in [-0.15, -0.1) is 0 Å². The van der Waals surface area contributed by atoms with Gasteiger partial charge >= 0.3 is 0 Å². The van der Waals surface area contributed by atoms with Gasteiger partial charge in [-0.3, -0.25) is 0 Å². The molecule has 18 heavy (non-hydrogen) atoms. The number of aliphatic hydroxyl groups is 2. The summed E-state index contributed by atoms with van der Waals surface area (Å²) in [4.78, 5) is 0. The van der Waals surface area contributed by atoms with Gasteiger partial charge in [-0.05, 0) is 24.5 Å². The van der Waals surface area contributed by atoms with Crippen LogP contribution < -0.4 is 4.74 Å². The molecule has 2 rings (SSSR count). The third-order valence-electron chi connectivity index (χ3n) is 3.95. The number of hydrogen-bond acceptors (Lipinski definition) is 3. The molecule has 1 aliphatic rings. The van der Waals surface area contributed by atoms with E-state index in [0.29, 0.717) is 19.3 Å². The molecule has 1 aromatic rings. The van der Waals surface area contributed by atoms with Crippen LogP contribution in [0.4, 0.5) is 0 Å². The van der Waals surface area contributed by atoms with E-state index in [2.05, 4.69) is 0 Å². The van der Waals surface area contributed by atoms with E-state index in [1.165, 1.54) is 0 Å². The first kappa shape index (κ1) is 13.4. The maximum atomic E-state index is 10.5. The summed E-state index contributed by atoms with van der Waals surface area (Å²) in [5.74, 6) is 0.774. The number of benzene rings is 1. The minimum Gasteiger partial charge on any atom is -0.496 e. The molecule has 0 spiro atoms. The molecule has 0 aliphatic heterocycles. The van der Waals surface area contributed by atoms with Crippen LogP contribution in [0.25, 0.3) is 0 Å². The largest absolute Gasteiger partial charge is 0.496 e. The lowest BCUT2D eigenvalue weighted by Gasteiger charge is -2.36. The molecular weight excluding hydrogens is 228 g/mol. The van der Waals surface area contributed by atoms with Crippen LogP contribution in [0.15, 0.2) is 24.3 Å². The Morgan fingerprint density at radius 3 is 2.56 bits per heavy atom. The minimum atomic E-state index is -0.918. The Kier molecular flexibility index (Phi) is 4.25. The molecule has 0 heterocycles. The Balaban J connectivity index is 2.08. The second-order valence-electron chi connectivity index (χ2n) is 5.20. The van der Waals surface area contributed by atoms with Crippen LogP contribution in [0.2, 0.25) is 0 Å². The zero-order valence-corrected chi connectivity index (χ0v) is 10.9. The smallest absolute Gasteiger partial charge is 0.122 e. The maximum Gasteiger partial charge on any atom is 0.122 e. The van der Waals surface area contributed by atoms with Crippen molar-refractivity contribution in [1.82, 2.24) is 0 Å². The molecule has 3 nitrogen and oxygen atoms in total.